The van der Waals surface area contributed by atoms with Crippen LogP contribution in [0.5, 0.6) is 11.5 Å². The van der Waals surface area contributed by atoms with Crippen molar-refractivity contribution in [2.75, 3.05) is 13.7 Å². The molecule has 0 heterocycles. The molecule has 3 aromatic carbocycles. The lowest BCUT2D eigenvalue weighted by Crippen LogP contribution is -2.24. The van der Waals surface area contributed by atoms with Crippen LogP contribution < -0.4 is 14.8 Å². The van der Waals surface area contributed by atoms with E-state index in [1.54, 1.807) is 18.2 Å². The van der Waals surface area contributed by atoms with E-state index in [4.69, 9.17) is 9.47 Å². The molecule has 6 nitrogen and oxygen atoms in total. The number of nitroso groups, excluding NO2 is 1. The van der Waals surface area contributed by atoms with Gasteiger partial charge in [0, 0.05) is 6.54 Å². The number of carbonyl (C=O) groups is 1. The molecule has 0 aliphatic heterocycles. The molecule has 1 saturated carbocycles. The second-order valence-electron chi connectivity index (χ2n) is 8.06. The minimum atomic E-state index is -0.486. The first kappa shape index (κ1) is 22.5. The summed E-state index contributed by atoms with van der Waals surface area (Å²) in [6.45, 7) is 0.757. The largest absolute Gasteiger partial charge is 0.494 e. The molecule has 1 N–H and O–H groups in total. The topological polar surface area (TPSA) is 77.0 Å². The molecule has 1 aliphatic rings. The quantitative estimate of drug-likeness (QED) is 0.416. The van der Waals surface area contributed by atoms with Crippen molar-refractivity contribution in [3.05, 3.63) is 88.1 Å². The summed E-state index contributed by atoms with van der Waals surface area (Å²) >= 11 is 0. The molecule has 0 aromatic heterocycles. The first-order chi connectivity index (χ1) is 16.1. The summed E-state index contributed by atoms with van der Waals surface area (Å²) < 4.78 is 24.9. The van der Waals surface area contributed by atoms with Crippen molar-refractivity contribution in [1.29, 1.82) is 0 Å². The smallest absolute Gasteiger partial charge is 0.255 e. The Morgan fingerprint density at radius 2 is 1.88 bits per heavy atom. The van der Waals surface area contributed by atoms with Gasteiger partial charge in [0.15, 0.2) is 11.6 Å². The molecule has 0 radical (unpaired) electrons. The van der Waals surface area contributed by atoms with Crippen LogP contribution in [0.3, 0.4) is 0 Å². The molecule has 0 atom stereocenters. The predicted octanol–water partition coefficient (Wildman–Crippen LogP) is 5.49. The molecule has 0 saturated heterocycles. The average Bonchev–Trinajstić information content (AvgIpc) is 3.66. The standard InChI is InChI=1S/C26H25FN2O4/c1-32-25-10-8-18(12-23(25)27)14-28-26(30)22-13-19(9-11-24(22)33-16-17-6-7-17)21-5-3-2-4-20(21)15-29-31/h2-5,8-13,17H,6-7,14-16H2,1H3,(H,28,30). The molecule has 170 valence electrons. The number of rotatable bonds is 10. The summed E-state index contributed by atoms with van der Waals surface area (Å²) in [6.07, 6.45) is 2.27. The van der Waals surface area contributed by atoms with Crippen LogP contribution in [-0.2, 0) is 13.1 Å². The highest BCUT2D eigenvalue weighted by Gasteiger charge is 2.23. The van der Waals surface area contributed by atoms with Crippen LogP contribution in [-0.4, -0.2) is 19.6 Å². The highest BCUT2D eigenvalue weighted by molar-refractivity contribution is 5.98. The summed E-state index contributed by atoms with van der Waals surface area (Å²) in [5.41, 5.74) is 3.39. The second kappa shape index (κ2) is 10.3. The molecule has 3 aromatic rings. The minimum absolute atomic E-state index is 0.0423. The van der Waals surface area contributed by atoms with Gasteiger partial charge in [-0.25, -0.2) is 4.39 Å². The second-order valence-corrected chi connectivity index (χ2v) is 8.06. The van der Waals surface area contributed by atoms with Gasteiger partial charge in [0.2, 0.25) is 0 Å². The van der Waals surface area contributed by atoms with Gasteiger partial charge >= 0.3 is 0 Å². The molecule has 0 unspecified atom stereocenters. The van der Waals surface area contributed by atoms with Crippen LogP contribution in [0.1, 0.15) is 34.3 Å². The molecule has 1 amide bonds. The zero-order valence-electron chi connectivity index (χ0n) is 18.3. The third kappa shape index (κ3) is 5.55. The van der Waals surface area contributed by atoms with Crippen molar-refractivity contribution in [2.24, 2.45) is 11.1 Å². The lowest BCUT2D eigenvalue weighted by atomic mass is 9.97. The lowest BCUT2D eigenvalue weighted by Gasteiger charge is -2.15. The van der Waals surface area contributed by atoms with Gasteiger partial charge in [0.25, 0.3) is 5.91 Å². The van der Waals surface area contributed by atoms with Gasteiger partial charge in [-0.1, -0.05) is 41.6 Å². The van der Waals surface area contributed by atoms with Gasteiger partial charge in [0.1, 0.15) is 12.3 Å². The van der Waals surface area contributed by atoms with Gasteiger partial charge in [0.05, 0.1) is 19.3 Å². The predicted molar refractivity (Wildman–Crippen MR) is 124 cm³/mol. The molecular weight excluding hydrogens is 423 g/mol. The fraction of sp³-hybridized carbons (Fsp3) is 0.269. The van der Waals surface area contributed by atoms with Crippen LogP contribution in [0.2, 0.25) is 0 Å². The Morgan fingerprint density at radius 1 is 1.09 bits per heavy atom. The van der Waals surface area contributed by atoms with Crippen molar-refractivity contribution >= 4 is 5.91 Å². The zero-order valence-corrected chi connectivity index (χ0v) is 18.3. The first-order valence-corrected chi connectivity index (χ1v) is 10.8. The molecule has 1 fully saturated rings. The Morgan fingerprint density at radius 3 is 2.61 bits per heavy atom. The summed E-state index contributed by atoms with van der Waals surface area (Å²) in [4.78, 5) is 24.0. The van der Waals surface area contributed by atoms with Crippen molar-refractivity contribution in [3.8, 4) is 22.6 Å². The Bertz CT molecular complexity index is 1160. The van der Waals surface area contributed by atoms with E-state index in [1.165, 1.54) is 19.2 Å². The van der Waals surface area contributed by atoms with Crippen molar-refractivity contribution in [3.63, 3.8) is 0 Å². The SMILES string of the molecule is COc1ccc(CNC(=O)c2cc(-c3ccccc3CN=O)ccc2OCC2CC2)cc1F. The number of benzene rings is 3. The molecule has 33 heavy (non-hydrogen) atoms. The number of halogens is 1. The monoisotopic (exact) mass is 448 g/mol. The molecule has 7 heteroatoms. The lowest BCUT2D eigenvalue weighted by molar-refractivity contribution is 0.0946. The maximum absolute atomic E-state index is 14.0. The van der Waals surface area contributed by atoms with Crippen molar-refractivity contribution in [2.45, 2.75) is 25.9 Å². The van der Waals surface area contributed by atoms with E-state index in [1.807, 2.05) is 30.3 Å². The third-order valence-corrected chi connectivity index (χ3v) is 5.63. The van der Waals surface area contributed by atoms with E-state index in [0.717, 1.165) is 29.5 Å². The third-order valence-electron chi connectivity index (χ3n) is 5.63. The molecule has 0 spiro atoms. The molecule has 0 bridgehead atoms. The van der Waals surface area contributed by atoms with E-state index in [-0.39, 0.29) is 24.7 Å². The van der Waals surface area contributed by atoms with Crippen LogP contribution in [0, 0.1) is 16.6 Å². The number of methoxy groups -OCH3 is 1. The Balaban J connectivity index is 1.59. The number of amides is 1. The molecule has 1 aliphatic carbocycles. The average molecular weight is 448 g/mol. The maximum Gasteiger partial charge on any atom is 0.255 e. The summed E-state index contributed by atoms with van der Waals surface area (Å²) in [6, 6.07) is 17.4. The van der Waals surface area contributed by atoms with Crippen LogP contribution >= 0.6 is 0 Å². The van der Waals surface area contributed by atoms with Gasteiger partial charge in [-0.3, -0.25) is 4.79 Å². The van der Waals surface area contributed by atoms with E-state index in [9.17, 15) is 14.1 Å². The normalized spacial score (nSPS) is 12.8. The number of carbonyl (C=O) groups excluding carboxylic acids is 1. The molecule has 4 rings (SSSR count). The van der Waals surface area contributed by atoms with Crippen LogP contribution in [0.15, 0.2) is 65.8 Å². The van der Waals surface area contributed by atoms with Gasteiger partial charge in [-0.05, 0) is 65.3 Å². The Hall–Kier alpha value is -3.74. The van der Waals surface area contributed by atoms with Gasteiger partial charge in [-0.2, -0.15) is 4.91 Å². The summed E-state index contributed by atoms with van der Waals surface area (Å²) in [5.74, 6) is 0.360. The summed E-state index contributed by atoms with van der Waals surface area (Å²) in [7, 11) is 1.40. The van der Waals surface area contributed by atoms with Gasteiger partial charge in [-0.15, -0.1) is 0 Å². The fourth-order valence-corrected chi connectivity index (χ4v) is 3.60. The highest BCUT2D eigenvalue weighted by atomic mass is 19.1. The van der Waals surface area contributed by atoms with Gasteiger partial charge < -0.3 is 14.8 Å². The number of ether oxygens (including phenoxy) is 2. The minimum Gasteiger partial charge on any atom is -0.494 e. The van der Waals surface area contributed by atoms with Crippen LogP contribution in [0.25, 0.3) is 11.1 Å². The van der Waals surface area contributed by atoms with E-state index in [2.05, 4.69) is 10.5 Å². The highest BCUT2D eigenvalue weighted by Crippen LogP contribution is 2.33. The number of nitrogens with zero attached hydrogens (tertiary/aromatic N) is 1. The first-order valence-electron chi connectivity index (χ1n) is 10.8. The number of nitrogens with one attached hydrogen (secondary N) is 1. The Kier molecular flexibility index (Phi) is 6.98. The van der Waals surface area contributed by atoms with Crippen LogP contribution in [0.4, 0.5) is 4.39 Å². The van der Waals surface area contributed by atoms with Crippen molar-refractivity contribution < 1.29 is 18.7 Å². The van der Waals surface area contributed by atoms with Crippen molar-refractivity contribution in [1.82, 2.24) is 5.32 Å². The maximum atomic E-state index is 14.0. The van der Waals surface area contributed by atoms with E-state index in [0.29, 0.717) is 29.4 Å². The molecular formula is C26H25FN2O4. The summed E-state index contributed by atoms with van der Waals surface area (Å²) in [5, 5.41) is 5.86. The fourth-order valence-electron chi connectivity index (χ4n) is 3.60. The number of hydrogen-bond donors (Lipinski definition) is 1. The van der Waals surface area contributed by atoms with E-state index < -0.39 is 5.82 Å². The van der Waals surface area contributed by atoms with E-state index >= 15 is 0 Å². The zero-order chi connectivity index (χ0) is 23.2. The number of hydrogen-bond acceptors (Lipinski definition) is 5. The Labute approximate surface area is 191 Å².